The van der Waals surface area contributed by atoms with Gasteiger partial charge in [-0.05, 0) is 6.92 Å². The number of hydrogen-bond acceptors (Lipinski definition) is 6. The molecule has 1 rings (SSSR count). The van der Waals surface area contributed by atoms with Crippen LogP contribution in [-0.4, -0.2) is 35.9 Å². The van der Waals surface area contributed by atoms with E-state index in [2.05, 4.69) is 6.58 Å². The van der Waals surface area contributed by atoms with E-state index in [9.17, 15) is 28.8 Å². The van der Waals surface area contributed by atoms with Crippen molar-refractivity contribution in [2.24, 2.45) is 0 Å². The molecule has 0 unspecified atom stereocenters. The molecule has 0 aromatic rings. The Morgan fingerprint density at radius 1 is 1.05 bits per heavy atom. The van der Waals surface area contributed by atoms with E-state index in [4.69, 9.17) is 0 Å². The average Bonchev–Trinajstić information content (AvgIpc) is 2.70. The van der Waals surface area contributed by atoms with Crippen molar-refractivity contribution in [3.63, 3.8) is 0 Å². The maximum atomic E-state index is 11.7. The zero-order valence-electron chi connectivity index (χ0n) is 10.7. The largest absolute Gasteiger partial charge is 0.316 e. The second kappa shape index (κ2) is 6.23. The van der Waals surface area contributed by atoms with Gasteiger partial charge in [0.05, 0.1) is 0 Å². The number of hydrazine groups is 1. The summed E-state index contributed by atoms with van der Waals surface area (Å²) in [4.78, 5) is 67.3. The van der Waals surface area contributed by atoms with Crippen molar-refractivity contribution in [3.05, 3.63) is 23.3 Å². The maximum Gasteiger partial charge on any atom is 0.316 e. The van der Waals surface area contributed by atoms with E-state index in [0.29, 0.717) is 0 Å². The Labute approximate surface area is 117 Å². The van der Waals surface area contributed by atoms with Gasteiger partial charge in [0.1, 0.15) is 11.1 Å². The molecule has 0 bridgehead atoms. The van der Waals surface area contributed by atoms with Gasteiger partial charge in [0.2, 0.25) is 0 Å². The molecule has 10 nitrogen and oxygen atoms in total. The predicted molar refractivity (Wildman–Crippen MR) is 65.1 cm³/mol. The van der Waals surface area contributed by atoms with Crippen LogP contribution in [0.2, 0.25) is 0 Å². The van der Waals surface area contributed by atoms with E-state index in [1.54, 1.807) is 5.32 Å². The van der Waals surface area contributed by atoms with Crippen LogP contribution in [0.25, 0.3) is 0 Å². The Balaban J connectivity index is 3.01. The molecule has 1 aliphatic heterocycles. The van der Waals surface area contributed by atoms with E-state index in [-0.39, 0.29) is 5.57 Å². The number of nitrogens with one attached hydrogen (secondary N) is 4. The minimum Gasteiger partial charge on any atom is -0.288 e. The zero-order chi connectivity index (χ0) is 16.2. The average molecular weight is 293 g/mol. The van der Waals surface area contributed by atoms with Crippen LogP contribution in [0.4, 0.5) is 0 Å². The summed E-state index contributed by atoms with van der Waals surface area (Å²) in [5.41, 5.74) is 2.13. The second-order valence-electron chi connectivity index (χ2n) is 3.78. The minimum atomic E-state index is -1.27. The summed E-state index contributed by atoms with van der Waals surface area (Å²) in [6.07, 6.45) is 1.02. The molecule has 109 valence electrons. The van der Waals surface area contributed by atoms with Gasteiger partial charge in [0, 0.05) is 5.57 Å². The molecule has 4 N–H and O–H groups in total. The van der Waals surface area contributed by atoms with Crippen molar-refractivity contribution in [1.82, 2.24) is 21.5 Å². The van der Waals surface area contributed by atoms with Crippen LogP contribution >= 0.6 is 0 Å². The van der Waals surface area contributed by atoms with Gasteiger partial charge >= 0.3 is 6.41 Å². The summed E-state index contributed by atoms with van der Waals surface area (Å²) in [6, 6.07) is 0. The highest BCUT2D eigenvalue weighted by Gasteiger charge is 2.38. The number of rotatable bonds is 4. The van der Waals surface area contributed by atoms with Gasteiger partial charge in [-0.1, -0.05) is 6.58 Å². The van der Waals surface area contributed by atoms with Crippen molar-refractivity contribution in [2.45, 2.75) is 6.92 Å². The molecule has 0 fully saturated rings. The quantitative estimate of drug-likeness (QED) is 0.141. The second-order valence-corrected chi connectivity index (χ2v) is 3.78. The number of carbonyl (C=O) groups is 5. The fraction of sp³-hybridized carbons (Fsp3) is 0.0909. The molecule has 1 heterocycles. The van der Waals surface area contributed by atoms with E-state index in [1.165, 1.54) is 12.2 Å². The van der Waals surface area contributed by atoms with Crippen molar-refractivity contribution in [1.29, 1.82) is 0 Å². The number of hydrogen-bond donors (Lipinski definition) is 4. The predicted octanol–water partition coefficient (Wildman–Crippen LogP) is -3.15. The Bertz CT molecular complexity index is 618. The first kappa shape index (κ1) is 15.8. The summed E-state index contributed by atoms with van der Waals surface area (Å²) < 4.78 is 0. The topological polar surface area (TPSA) is 151 Å². The van der Waals surface area contributed by atoms with Crippen LogP contribution in [-0.2, 0) is 28.8 Å². The molecule has 10 heteroatoms. The lowest BCUT2D eigenvalue weighted by Gasteiger charge is -2.07. The molecule has 1 aliphatic rings. The van der Waals surface area contributed by atoms with E-state index < -0.39 is 40.7 Å². The fourth-order valence-electron chi connectivity index (χ4n) is 1.28. The Kier molecular flexibility index (Phi) is 4.68. The summed E-state index contributed by atoms with van der Waals surface area (Å²) in [5.74, 6) is -5.50. The Morgan fingerprint density at radius 3 is 2.05 bits per heavy atom. The van der Waals surface area contributed by atoms with Crippen molar-refractivity contribution < 1.29 is 28.8 Å². The highest BCUT2D eigenvalue weighted by molar-refractivity contribution is 6.40. The van der Waals surface area contributed by atoms with Crippen LogP contribution in [0.5, 0.6) is 0 Å². The summed E-state index contributed by atoms with van der Waals surface area (Å²) >= 11 is 0. The van der Waals surface area contributed by atoms with Crippen molar-refractivity contribution >= 4 is 35.9 Å². The third-order valence-electron chi connectivity index (χ3n) is 2.23. The van der Waals surface area contributed by atoms with E-state index in [0.717, 1.165) is 6.41 Å². The smallest absolute Gasteiger partial charge is 0.288 e. The first-order chi connectivity index (χ1) is 9.79. The molecular weight excluding hydrogens is 284 g/mol. The maximum absolute atomic E-state index is 11.7. The lowest BCUT2D eigenvalue weighted by Crippen LogP contribution is -2.44. The van der Waals surface area contributed by atoms with Crippen molar-refractivity contribution in [3.8, 4) is 0 Å². The molecule has 6 amide bonds. The van der Waals surface area contributed by atoms with Crippen LogP contribution in [0.1, 0.15) is 6.92 Å². The third kappa shape index (κ3) is 3.37. The summed E-state index contributed by atoms with van der Waals surface area (Å²) in [7, 11) is 0. The molecule has 21 heavy (non-hydrogen) atoms. The Morgan fingerprint density at radius 2 is 1.57 bits per heavy atom. The molecular formula is C11H9N4O6. The first-order valence-electron chi connectivity index (χ1n) is 5.33. The molecule has 1 radical (unpaired) electrons. The van der Waals surface area contributed by atoms with Gasteiger partial charge in [0.25, 0.3) is 29.5 Å². The van der Waals surface area contributed by atoms with Crippen molar-refractivity contribution in [2.75, 3.05) is 0 Å². The molecule has 0 saturated heterocycles. The molecule has 0 spiro atoms. The first-order valence-corrected chi connectivity index (χ1v) is 5.33. The third-order valence-corrected chi connectivity index (χ3v) is 2.23. The van der Waals surface area contributed by atoms with Gasteiger partial charge in [-0.2, -0.15) is 0 Å². The highest BCUT2D eigenvalue weighted by Crippen LogP contribution is 2.12. The van der Waals surface area contributed by atoms with Crippen LogP contribution in [0.3, 0.4) is 0 Å². The summed E-state index contributed by atoms with van der Waals surface area (Å²) in [5, 5.41) is 3.22. The normalized spacial score (nSPS) is 13.4. The lowest BCUT2D eigenvalue weighted by atomic mass is 10.1. The van der Waals surface area contributed by atoms with E-state index in [1.807, 2.05) is 10.9 Å². The standard InChI is InChI=1S/C11H9N4O6/c1-4(2)7(17)14-15-11(21)6-5(8(18)12-3-16)9(19)13-10(6)20/h1H2,2H3,(H,14,17)(H,15,21)(H,12,16,18)(H,13,19,20). The number of imide groups is 2. The van der Waals surface area contributed by atoms with Gasteiger partial charge in [-0.15, -0.1) is 0 Å². The van der Waals surface area contributed by atoms with Crippen LogP contribution in [0.15, 0.2) is 23.3 Å². The molecule has 0 aromatic heterocycles. The Hall–Kier alpha value is -3.30. The number of carbonyl (C=O) groups excluding carboxylic acids is 6. The van der Waals surface area contributed by atoms with Gasteiger partial charge < -0.3 is 0 Å². The minimum absolute atomic E-state index is 0.0738. The van der Waals surface area contributed by atoms with Crippen LogP contribution < -0.4 is 21.5 Å². The fourth-order valence-corrected chi connectivity index (χ4v) is 1.28. The van der Waals surface area contributed by atoms with E-state index >= 15 is 0 Å². The van der Waals surface area contributed by atoms with Gasteiger partial charge in [-0.3, -0.25) is 50.3 Å². The SMILES string of the molecule is C=C(C)C(=O)NNC(=O)C1=C(C(=O)N[C]=O)C(=O)NC1=O. The molecule has 0 aliphatic carbocycles. The zero-order valence-corrected chi connectivity index (χ0v) is 10.7. The molecule has 0 atom stereocenters. The summed E-state index contributed by atoms with van der Waals surface area (Å²) in [6.45, 7) is 4.68. The highest BCUT2D eigenvalue weighted by atomic mass is 16.2. The number of amides is 6. The van der Waals surface area contributed by atoms with Gasteiger partial charge in [0.15, 0.2) is 0 Å². The van der Waals surface area contributed by atoms with Crippen LogP contribution in [0, 0.1) is 0 Å². The monoisotopic (exact) mass is 293 g/mol. The van der Waals surface area contributed by atoms with Gasteiger partial charge in [-0.25, -0.2) is 0 Å². The lowest BCUT2D eigenvalue weighted by molar-refractivity contribution is -0.128. The molecule has 0 saturated carbocycles. The molecule has 0 aromatic carbocycles.